The lowest BCUT2D eigenvalue weighted by Crippen LogP contribution is -2.58. The van der Waals surface area contributed by atoms with Crippen LogP contribution in [0.15, 0.2) is 91.0 Å². The monoisotopic (exact) mass is 488 g/mol. The minimum absolute atomic E-state index is 0.0642. The number of para-hydroxylation sites is 1. The van der Waals surface area contributed by atoms with E-state index in [9.17, 15) is 18.0 Å². The molecular formula is C27H27F3O5. The summed E-state index contributed by atoms with van der Waals surface area (Å²) >= 11 is 0. The zero-order valence-electron chi connectivity index (χ0n) is 19.1. The second-order valence-electron chi connectivity index (χ2n) is 7.73. The Morgan fingerprint density at radius 1 is 0.714 bits per heavy atom. The van der Waals surface area contributed by atoms with Crippen molar-refractivity contribution in [1.29, 1.82) is 0 Å². The molecule has 1 unspecified atom stereocenters. The molecule has 35 heavy (non-hydrogen) atoms. The van der Waals surface area contributed by atoms with Gasteiger partial charge in [0, 0.05) is 13.0 Å². The average Bonchev–Trinajstić information content (AvgIpc) is 2.87. The summed E-state index contributed by atoms with van der Waals surface area (Å²) in [6.07, 6.45) is -4.75. The van der Waals surface area contributed by atoms with Crippen LogP contribution < -0.4 is 4.74 Å². The lowest BCUT2D eigenvalue weighted by molar-refractivity contribution is -0.293. The standard InChI is InChI=1S/C27H27F3O5/c28-27(29,30)26(35-20-23-13-6-2-7-14-23,25(31)34-19-22-11-4-1-5-12-22)21-32-17-10-18-33-24-15-8-3-9-16-24/h1-9,11-16H,10,17-21H2. The quantitative estimate of drug-likeness (QED) is 0.227. The van der Waals surface area contributed by atoms with Crippen LogP contribution in [0.5, 0.6) is 5.75 Å². The molecule has 0 fully saturated rings. The van der Waals surface area contributed by atoms with Crippen molar-refractivity contribution in [2.75, 3.05) is 19.8 Å². The Bertz CT molecular complexity index is 1010. The van der Waals surface area contributed by atoms with E-state index in [0.29, 0.717) is 23.3 Å². The highest BCUT2D eigenvalue weighted by Crippen LogP contribution is 2.36. The molecule has 0 saturated heterocycles. The third-order valence-electron chi connectivity index (χ3n) is 5.08. The first-order chi connectivity index (χ1) is 16.9. The van der Waals surface area contributed by atoms with Crippen molar-refractivity contribution in [3.05, 3.63) is 102 Å². The van der Waals surface area contributed by atoms with Gasteiger partial charge in [-0.2, -0.15) is 13.2 Å². The van der Waals surface area contributed by atoms with Gasteiger partial charge in [-0.25, -0.2) is 4.79 Å². The van der Waals surface area contributed by atoms with Crippen LogP contribution >= 0.6 is 0 Å². The minimum Gasteiger partial charge on any atom is -0.494 e. The Morgan fingerprint density at radius 3 is 1.83 bits per heavy atom. The minimum atomic E-state index is -5.07. The third-order valence-corrected chi connectivity index (χ3v) is 5.08. The van der Waals surface area contributed by atoms with E-state index in [0.717, 1.165) is 0 Å². The molecule has 0 amide bonds. The highest BCUT2D eigenvalue weighted by atomic mass is 19.4. The van der Waals surface area contributed by atoms with E-state index < -0.39 is 31.0 Å². The van der Waals surface area contributed by atoms with Crippen molar-refractivity contribution < 1.29 is 36.9 Å². The van der Waals surface area contributed by atoms with Crippen LogP contribution in [0.2, 0.25) is 0 Å². The van der Waals surface area contributed by atoms with Crippen molar-refractivity contribution in [1.82, 2.24) is 0 Å². The Morgan fingerprint density at radius 2 is 1.26 bits per heavy atom. The zero-order valence-corrected chi connectivity index (χ0v) is 19.1. The van der Waals surface area contributed by atoms with E-state index in [4.69, 9.17) is 18.9 Å². The molecular weight excluding hydrogens is 461 g/mol. The number of halogens is 3. The van der Waals surface area contributed by atoms with Gasteiger partial charge in [-0.15, -0.1) is 0 Å². The zero-order chi connectivity index (χ0) is 25.0. The number of hydrogen-bond donors (Lipinski definition) is 0. The van der Waals surface area contributed by atoms with Gasteiger partial charge in [-0.3, -0.25) is 0 Å². The van der Waals surface area contributed by atoms with E-state index in [1.807, 2.05) is 18.2 Å². The van der Waals surface area contributed by atoms with Crippen LogP contribution in [0.25, 0.3) is 0 Å². The van der Waals surface area contributed by atoms with Gasteiger partial charge in [0.05, 0.1) is 19.8 Å². The average molecular weight is 489 g/mol. The van der Waals surface area contributed by atoms with Crippen LogP contribution in [-0.4, -0.2) is 37.6 Å². The number of hydrogen-bond acceptors (Lipinski definition) is 5. The van der Waals surface area contributed by atoms with Crippen LogP contribution in [0.1, 0.15) is 17.5 Å². The summed E-state index contributed by atoms with van der Waals surface area (Å²) in [4.78, 5) is 12.8. The van der Waals surface area contributed by atoms with Crippen molar-refractivity contribution in [3.63, 3.8) is 0 Å². The van der Waals surface area contributed by atoms with Crippen molar-refractivity contribution in [2.45, 2.75) is 31.4 Å². The number of carbonyl (C=O) groups is 1. The van der Waals surface area contributed by atoms with Gasteiger partial charge in [0.2, 0.25) is 0 Å². The van der Waals surface area contributed by atoms with Crippen LogP contribution in [-0.2, 0) is 32.2 Å². The van der Waals surface area contributed by atoms with Gasteiger partial charge in [0.1, 0.15) is 12.4 Å². The summed E-state index contributed by atoms with van der Waals surface area (Å²) in [7, 11) is 0. The first-order valence-corrected chi connectivity index (χ1v) is 11.1. The molecule has 0 saturated carbocycles. The highest BCUT2D eigenvalue weighted by Gasteiger charge is 2.63. The molecule has 0 N–H and O–H groups in total. The Labute approximate surface area is 202 Å². The Hall–Kier alpha value is -3.36. The fourth-order valence-electron chi connectivity index (χ4n) is 3.14. The van der Waals surface area contributed by atoms with E-state index in [2.05, 4.69) is 0 Å². The second kappa shape index (κ2) is 12.9. The lowest BCUT2D eigenvalue weighted by Gasteiger charge is -2.33. The second-order valence-corrected chi connectivity index (χ2v) is 7.73. The first-order valence-electron chi connectivity index (χ1n) is 11.1. The summed E-state index contributed by atoms with van der Waals surface area (Å²) in [5, 5.41) is 0. The van der Waals surface area contributed by atoms with E-state index in [-0.39, 0.29) is 19.8 Å². The fourth-order valence-corrected chi connectivity index (χ4v) is 3.14. The first kappa shape index (κ1) is 26.2. The number of rotatable bonds is 13. The van der Waals surface area contributed by atoms with Crippen molar-refractivity contribution >= 4 is 5.97 Å². The molecule has 1 atom stereocenters. The van der Waals surface area contributed by atoms with Gasteiger partial charge in [0.15, 0.2) is 0 Å². The molecule has 8 heteroatoms. The van der Waals surface area contributed by atoms with Crippen LogP contribution in [0, 0.1) is 0 Å². The Kier molecular flexibility index (Phi) is 9.69. The highest BCUT2D eigenvalue weighted by molar-refractivity contribution is 5.81. The fraction of sp³-hybridized carbons (Fsp3) is 0.296. The predicted molar refractivity (Wildman–Crippen MR) is 124 cm³/mol. The van der Waals surface area contributed by atoms with Gasteiger partial charge in [-0.05, 0) is 23.3 Å². The van der Waals surface area contributed by atoms with Gasteiger partial charge in [0.25, 0.3) is 5.60 Å². The van der Waals surface area contributed by atoms with Gasteiger partial charge >= 0.3 is 12.1 Å². The molecule has 3 aromatic carbocycles. The number of benzene rings is 3. The number of alkyl halides is 3. The molecule has 0 aromatic heterocycles. The molecule has 0 aliphatic carbocycles. The molecule has 0 spiro atoms. The molecule has 3 aromatic rings. The maximum absolute atomic E-state index is 14.3. The molecule has 3 rings (SSSR count). The Balaban J connectivity index is 1.65. The van der Waals surface area contributed by atoms with E-state index >= 15 is 0 Å². The largest absolute Gasteiger partial charge is 0.494 e. The topological polar surface area (TPSA) is 54.0 Å². The summed E-state index contributed by atoms with van der Waals surface area (Å²) in [6, 6.07) is 25.8. The molecule has 0 heterocycles. The normalized spacial score (nSPS) is 13.1. The summed E-state index contributed by atoms with van der Waals surface area (Å²) < 4.78 is 64.1. The molecule has 0 bridgehead atoms. The SMILES string of the molecule is O=C(OCc1ccccc1)C(COCCCOc1ccccc1)(OCc1ccccc1)C(F)(F)F. The van der Waals surface area contributed by atoms with Crippen LogP contribution in [0.4, 0.5) is 13.2 Å². The van der Waals surface area contributed by atoms with Crippen molar-refractivity contribution in [3.8, 4) is 5.75 Å². The van der Waals surface area contributed by atoms with E-state index in [1.54, 1.807) is 72.8 Å². The number of carbonyl (C=O) groups excluding carboxylic acids is 1. The molecule has 0 aliphatic heterocycles. The predicted octanol–water partition coefficient (Wildman–Crippen LogP) is 5.73. The summed E-state index contributed by atoms with van der Waals surface area (Å²) in [5.74, 6) is -0.904. The number of esters is 1. The van der Waals surface area contributed by atoms with E-state index in [1.165, 1.54) is 0 Å². The summed E-state index contributed by atoms with van der Waals surface area (Å²) in [5.41, 5.74) is -2.25. The lowest BCUT2D eigenvalue weighted by atomic mass is 10.0. The van der Waals surface area contributed by atoms with Gasteiger partial charge in [-0.1, -0.05) is 78.9 Å². The maximum Gasteiger partial charge on any atom is 0.430 e. The molecule has 0 aliphatic rings. The maximum atomic E-state index is 14.3. The van der Waals surface area contributed by atoms with Crippen molar-refractivity contribution in [2.24, 2.45) is 0 Å². The number of ether oxygens (including phenoxy) is 4. The third kappa shape index (κ3) is 7.83. The molecule has 5 nitrogen and oxygen atoms in total. The molecule has 0 radical (unpaired) electrons. The molecule has 186 valence electrons. The smallest absolute Gasteiger partial charge is 0.430 e. The van der Waals surface area contributed by atoms with Crippen LogP contribution in [0.3, 0.4) is 0 Å². The summed E-state index contributed by atoms with van der Waals surface area (Å²) in [6.45, 7) is -1.63. The van der Waals surface area contributed by atoms with Gasteiger partial charge < -0.3 is 18.9 Å².